The first kappa shape index (κ1) is 23.0. The number of hydrogen-bond acceptors (Lipinski definition) is 6. The third-order valence-corrected chi connectivity index (χ3v) is 10.4. The van der Waals surface area contributed by atoms with E-state index in [1.165, 1.54) is 19.3 Å². The van der Waals surface area contributed by atoms with Gasteiger partial charge in [0.1, 0.15) is 11.3 Å². The molecule has 34 heavy (non-hydrogen) atoms. The molecule has 0 radical (unpaired) electrons. The van der Waals surface area contributed by atoms with Crippen LogP contribution in [0.25, 0.3) is 6.08 Å². The number of hydrogen-bond donors (Lipinski definition) is 0. The zero-order valence-electron chi connectivity index (χ0n) is 21.1. The van der Waals surface area contributed by atoms with Gasteiger partial charge in [-0.2, -0.15) is 0 Å². The first-order valence-electron chi connectivity index (χ1n) is 12.8. The van der Waals surface area contributed by atoms with Gasteiger partial charge in [0.2, 0.25) is 5.79 Å². The summed E-state index contributed by atoms with van der Waals surface area (Å²) < 4.78 is 24.7. The lowest BCUT2D eigenvalue weighted by molar-refractivity contribution is -0.199. The summed E-state index contributed by atoms with van der Waals surface area (Å²) >= 11 is 1.75. The molecule has 2 aliphatic heterocycles. The minimum absolute atomic E-state index is 0.140. The number of cyclic esters (lactones) is 1. The second kappa shape index (κ2) is 7.53. The normalized spacial score (nSPS) is 35.8. The average molecular weight is 482 g/mol. The van der Waals surface area contributed by atoms with Crippen LogP contribution in [0.1, 0.15) is 83.1 Å². The molecule has 0 amide bonds. The van der Waals surface area contributed by atoms with E-state index in [2.05, 4.69) is 27.7 Å². The third-order valence-electron chi connectivity index (χ3n) is 9.04. The second-order valence-corrected chi connectivity index (χ2v) is 13.5. The van der Waals surface area contributed by atoms with Crippen molar-refractivity contribution in [3.05, 3.63) is 29.2 Å². The number of carbonyl (C=O) groups is 1. The lowest BCUT2D eigenvalue weighted by Crippen LogP contribution is -2.65. The van der Waals surface area contributed by atoms with E-state index in [1.54, 1.807) is 25.6 Å². The summed E-state index contributed by atoms with van der Waals surface area (Å²) in [5.41, 5.74) is 1.46. The molecule has 0 N–H and O–H groups in total. The van der Waals surface area contributed by atoms with Crippen LogP contribution in [0.15, 0.2) is 23.0 Å². The van der Waals surface area contributed by atoms with Crippen molar-refractivity contribution in [2.45, 2.75) is 94.9 Å². The van der Waals surface area contributed by atoms with Crippen LogP contribution in [-0.4, -0.2) is 35.8 Å². The van der Waals surface area contributed by atoms with E-state index in [-0.39, 0.29) is 17.7 Å². The summed E-state index contributed by atoms with van der Waals surface area (Å²) in [5.74, 6) is 3.22. The first-order chi connectivity index (χ1) is 16.0. The van der Waals surface area contributed by atoms with Crippen molar-refractivity contribution in [1.82, 2.24) is 0 Å². The van der Waals surface area contributed by atoms with Crippen molar-refractivity contribution in [2.24, 2.45) is 23.2 Å². The summed E-state index contributed by atoms with van der Waals surface area (Å²) in [6.45, 7) is 12.8. The molecule has 1 saturated heterocycles. The monoisotopic (exact) mass is 482 g/mol. The molecule has 6 aliphatic rings. The van der Waals surface area contributed by atoms with Gasteiger partial charge in [-0.05, 0) is 61.8 Å². The maximum absolute atomic E-state index is 13.0. The molecule has 1 aromatic carbocycles. The van der Waals surface area contributed by atoms with Gasteiger partial charge < -0.3 is 18.8 Å². The van der Waals surface area contributed by atoms with E-state index in [0.717, 1.165) is 28.7 Å². The number of fused-ring (bicyclic) bond motifs is 1. The molecule has 5 atom stereocenters. The molecule has 0 unspecified atom stereocenters. The van der Waals surface area contributed by atoms with Gasteiger partial charge in [-0.15, -0.1) is 11.8 Å². The van der Waals surface area contributed by atoms with Crippen molar-refractivity contribution in [1.29, 1.82) is 0 Å². The van der Waals surface area contributed by atoms with Crippen LogP contribution >= 0.6 is 11.8 Å². The molecule has 0 spiro atoms. The largest absolute Gasteiger partial charge is 0.486 e. The zero-order valence-corrected chi connectivity index (χ0v) is 21.9. The third kappa shape index (κ3) is 3.57. The molecule has 4 aliphatic carbocycles. The number of thioether (sulfide) groups is 1. The number of carbonyl (C=O) groups excluding carboxylic acids is 1. The van der Waals surface area contributed by atoms with Crippen LogP contribution in [0.2, 0.25) is 0 Å². The van der Waals surface area contributed by atoms with Crippen LogP contribution in [0.4, 0.5) is 0 Å². The molecule has 2 bridgehead atoms. The van der Waals surface area contributed by atoms with E-state index >= 15 is 0 Å². The molecule has 5 fully saturated rings. The minimum Gasteiger partial charge on any atom is -0.451 e. The van der Waals surface area contributed by atoms with Gasteiger partial charge in [-0.1, -0.05) is 38.9 Å². The molecule has 1 aromatic rings. The lowest BCUT2D eigenvalue weighted by Gasteiger charge is -2.64. The van der Waals surface area contributed by atoms with E-state index in [4.69, 9.17) is 18.8 Å². The number of rotatable bonds is 5. The summed E-state index contributed by atoms with van der Waals surface area (Å²) in [6, 6.07) is 4.06. The van der Waals surface area contributed by atoms with Crippen LogP contribution in [-0.2, 0) is 14.0 Å². The Morgan fingerprint density at radius 3 is 2.59 bits per heavy atom. The Balaban J connectivity index is 1.27. The van der Waals surface area contributed by atoms with Gasteiger partial charge in [-0.3, -0.25) is 0 Å². The maximum Gasteiger partial charge on any atom is 0.486 e. The summed E-state index contributed by atoms with van der Waals surface area (Å²) in [4.78, 5) is 14.0. The Hall–Kier alpha value is -1.44. The lowest BCUT2D eigenvalue weighted by atomic mass is 9.43. The van der Waals surface area contributed by atoms with Crippen molar-refractivity contribution in [2.75, 3.05) is 0 Å². The molecule has 7 heteroatoms. The Kier molecular flexibility index (Phi) is 5.09. The van der Waals surface area contributed by atoms with E-state index < -0.39 is 12.9 Å². The average Bonchev–Trinajstić information content (AvgIpc) is 3.53. The first-order valence-corrected chi connectivity index (χ1v) is 13.6. The molecule has 4 saturated carbocycles. The van der Waals surface area contributed by atoms with E-state index in [9.17, 15) is 4.79 Å². The van der Waals surface area contributed by atoms with Crippen LogP contribution in [0.3, 0.4) is 0 Å². The van der Waals surface area contributed by atoms with Gasteiger partial charge in [0.25, 0.3) is 0 Å². The van der Waals surface area contributed by atoms with Gasteiger partial charge >= 0.3 is 13.1 Å². The fourth-order valence-corrected chi connectivity index (χ4v) is 7.98. The number of ether oxygens (including phenoxy) is 2. The Morgan fingerprint density at radius 1 is 1.12 bits per heavy atom. The highest BCUT2D eigenvalue weighted by atomic mass is 32.2. The van der Waals surface area contributed by atoms with Crippen LogP contribution in [0, 0.1) is 23.2 Å². The quantitative estimate of drug-likeness (QED) is 0.285. The minimum atomic E-state index is -1.01. The predicted molar refractivity (Wildman–Crippen MR) is 134 cm³/mol. The second-order valence-electron chi connectivity index (χ2n) is 12.1. The summed E-state index contributed by atoms with van der Waals surface area (Å²) in [7, 11) is -0.395. The topological polar surface area (TPSA) is 54.0 Å². The molecule has 2 heterocycles. The highest BCUT2D eigenvalue weighted by Gasteiger charge is 2.67. The Labute approximate surface area is 207 Å². The Bertz CT molecular complexity index is 1060. The molecule has 7 rings (SSSR count). The summed E-state index contributed by atoms with van der Waals surface area (Å²) in [5, 5.41) is 0.466. The maximum atomic E-state index is 13.0. The van der Waals surface area contributed by atoms with Gasteiger partial charge in [0, 0.05) is 29.6 Å². The van der Waals surface area contributed by atoms with Crippen LogP contribution < -0.4 is 4.74 Å². The van der Waals surface area contributed by atoms with E-state index in [1.807, 2.05) is 24.2 Å². The van der Waals surface area contributed by atoms with Crippen molar-refractivity contribution in [3.8, 4) is 5.75 Å². The van der Waals surface area contributed by atoms with Gasteiger partial charge in [-0.25, -0.2) is 4.79 Å². The zero-order chi connectivity index (χ0) is 24.0. The van der Waals surface area contributed by atoms with Crippen molar-refractivity contribution >= 4 is 30.9 Å². The van der Waals surface area contributed by atoms with Crippen molar-refractivity contribution in [3.63, 3.8) is 0 Å². The fraction of sp³-hybridized carbons (Fsp3) is 0.667. The SMILES string of the molecule is C[C@@H](Sc1ccc(/C=C\B2O[C@H]3C[C@H]4C[C@H](C4(C)C)[C@]3(C)O2)c2c1C(=O)OC(C)(C)O2)C1CC1. The molecule has 5 nitrogen and oxygen atoms in total. The van der Waals surface area contributed by atoms with E-state index in [0.29, 0.717) is 27.9 Å². The highest BCUT2D eigenvalue weighted by molar-refractivity contribution is 8.00. The standard InChI is InChI=1S/C27H35BO5S/c1-15(16-7-8-16)34-19-10-9-17(23-22(19)24(29)31-26(4,5)30-23)11-12-28-32-21-14-18-13-20(25(18,2)3)27(21,6)33-28/h9-12,15-16,18,20-21H,7-8,13-14H2,1-6H3/b12-11-/t15-,18-,20-,21+,27+/m1/s1. The summed E-state index contributed by atoms with van der Waals surface area (Å²) in [6.07, 6.45) is 6.95. The molecular weight excluding hydrogens is 447 g/mol. The fourth-order valence-electron chi connectivity index (χ4n) is 6.68. The van der Waals surface area contributed by atoms with Crippen LogP contribution in [0.5, 0.6) is 5.75 Å². The molecule has 0 aromatic heterocycles. The Morgan fingerprint density at radius 2 is 1.88 bits per heavy atom. The van der Waals surface area contributed by atoms with Gasteiger partial charge in [0.05, 0.1) is 11.7 Å². The van der Waals surface area contributed by atoms with Crippen molar-refractivity contribution < 1.29 is 23.6 Å². The number of benzene rings is 1. The molecular formula is C27H35BO5S. The van der Waals surface area contributed by atoms with Gasteiger partial charge in [0.15, 0.2) is 0 Å². The number of esters is 1. The predicted octanol–water partition coefficient (Wildman–Crippen LogP) is 6.14. The smallest absolute Gasteiger partial charge is 0.451 e. The highest BCUT2D eigenvalue weighted by Crippen LogP contribution is 2.65. The molecule has 182 valence electrons.